The number of ether oxygens (including phenoxy) is 1. The fourth-order valence-corrected chi connectivity index (χ4v) is 3.56. The number of hydrogen-bond acceptors (Lipinski definition) is 4. The Morgan fingerprint density at radius 3 is 2.52 bits per heavy atom. The number of anilines is 1. The van der Waals surface area contributed by atoms with E-state index in [4.69, 9.17) is 4.74 Å². The molecule has 1 saturated heterocycles. The molecule has 0 aromatic heterocycles. The highest BCUT2D eigenvalue weighted by molar-refractivity contribution is 7.90. The Morgan fingerprint density at radius 1 is 1.28 bits per heavy atom. The number of amides is 1. The molecule has 0 radical (unpaired) electrons. The summed E-state index contributed by atoms with van der Waals surface area (Å²) in [6.07, 6.45) is 1.17. The second-order valence-electron chi connectivity index (χ2n) is 7.29. The Labute approximate surface area is 149 Å². The van der Waals surface area contributed by atoms with Crippen LogP contribution >= 0.6 is 0 Å². The largest absolute Gasteiger partial charge is 0.444 e. The predicted molar refractivity (Wildman–Crippen MR) is 97.7 cm³/mol. The molecule has 1 aliphatic rings. The molecule has 140 valence electrons. The first-order chi connectivity index (χ1) is 11.6. The zero-order chi connectivity index (χ0) is 18.7. The molecule has 1 aromatic rings. The molecule has 1 heterocycles. The van der Waals surface area contributed by atoms with Crippen LogP contribution in [0.3, 0.4) is 0 Å². The van der Waals surface area contributed by atoms with E-state index in [1.165, 1.54) is 0 Å². The monoisotopic (exact) mass is 369 g/mol. The maximum Gasteiger partial charge on any atom is 0.410 e. The van der Waals surface area contributed by atoms with E-state index in [0.29, 0.717) is 12.2 Å². The Hall–Kier alpha value is -1.80. The molecule has 25 heavy (non-hydrogen) atoms. The summed E-state index contributed by atoms with van der Waals surface area (Å²) in [6, 6.07) is 6.87. The van der Waals surface area contributed by atoms with Crippen LogP contribution in [0.1, 0.15) is 39.2 Å². The number of hydrogen-bond donors (Lipinski definition) is 2. The first-order valence-electron chi connectivity index (χ1n) is 8.39. The van der Waals surface area contributed by atoms with E-state index >= 15 is 0 Å². The first kappa shape index (κ1) is 19.5. The van der Waals surface area contributed by atoms with Gasteiger partial charge in [-0.15, -0.1) is 0 Å². The van der Waals surface area contributed by atoms with Crippen molar-refractivity contribution in [1.82, 2.24) is 9.62 Å². The topological polar surface area (TPSA) is 87.7 Å². The number of likely N-dealkylation sites (tertiary alicyclic amines) is 1. The Kier molecular flexibility index (Phi) is 5.95. The molecule has 0 unspecified atom stereocenters. The highest BCUT2D eigenvalue weighted by Crippen LogP contribution is 2.20. The zero-order valence-electron chi connectivity index (χ0n) is 15.2. The molecule has 1 atom stereocenters. The van der Waals surface area contributed by atoms with Crippen molar-refractivity contribution in [2.75, 3.05) is 17.8 Å². The van der Waals surface area contributed by atoms with Gasteiger partial charge in [0.1, 0.15) is 5.60 Å². The van der Waals surface area contributed by atoms with Gasteiger partial charge in [0.15, 0.2) is 0 Å². The van der Waals surface area contributed by atoms with Gasteiger partial charge in [0.2, 0.25) is 0 Å². The summed E-state index contributed by atoms with van der Waals surface area (Å²) >= 11 is 0. The van der Waals surface area contributed by atoms with Crippen molar-refractivity contribution in [3.05, 3.63) is 29.8 Å². The standard InChI is InChI=1S/C17H27N3O4S/c1-13-7-9-14(10-8-13)19-25(22,23)18-12-15-6-5-11-20(15)16(21)24-17(2,3)4/h7-10,15,18-19H,5-6,11-12H2,1-4H3/t15-/m0/s1. The summed E-state index contributed by atoms with van der Waals surface area (Å²) in [5.74, 6) is 0. The lowest BCUT2D eigenvalue weighted by Crippen LogP contribution is -2.46. The lowest BCUT2D eigenvalue weighted by atomic mass is 10.2. The van der Waals surface area contributed by atoms with Crippen LogP contribution in [0.15, 0.2) is 24.3 Å². The third kappa shape index (κ3) is 6.21. The Morgan fingerprint density at radius 2 is 1.92 bits per heavy atom. The van der Waals surface area contributed by atoms with Crippen molar-refractivity contribution in [3.8, 4) is 0 Å². The maximum atomic E-state index is 12.2. The van der Waals surface area contributed by atoms with E-state index in [9.17, 15) is 13.2 Å². The van der Waals surface area contributed by atoms with Gasteiger partial charge in [-0.2, -0.15) is 13.1 Å². The van der Waals surface area contributed by atoms with Gasteiger partial charge in [0.25, 0.3) is 10.2 Å². The lowest BCUT2D eigenvalue weighted by molar-refractivity contribution is 0.0229. The van der Waals surface area contributed by atoms with Crippen molar-refractivity contribution in [3.63, 3.8) is 0 Å². The zero-order valence-corrected chi connectivity index (χ0v) is 16.0. The number of rotatable bonds is 5. The third-order valence-electron chi connectivity index (χ3n) is 3.82. The first-order valence-corrected chi connectivity index (χ1v) is 9.88. The van der Waals surface area contributed by atoms with Gasteiger partial charge in [-0.1, -0.05) is 17.7 Å². The fraction of sp³-hybridized carbons (Fsp3) is 0.588. The average molecular weight is 369 g/mol. The van der Waals surface area contributed by atoms with Crippen molar-refractivity contribution < 1.29 is 17.9 Å². The van der Waals surface area contributed by atoms with E-state index in [1.54, 1.807) is 17.0 Å². The number of carbonyl (C=O) groups is 1. The highest BCUT2D eigenvalue weighted by atomic mass is 32.2. The second-order valence-corrected chi connectivity index (χ2v) is 8.79. The van der Waals surface area contributed by atoms with E-state index in [-0.39, 0.29) is 12.6 Å². The van der Waals surface area contributed by atoms with Gasteiger partial charge in [-0.3, -0.25) is 4.72 Å². The highest BCUT2D eigenvalue weighted by Gasteiger charge is 2.32. The molecule has 8 heteroatoms. The van der Waals surface area contributed by atoms with Crippen LogP contribution in [0.5, 0.6) is 0 Å². The minimum Gasteiger partial charge on any atom is -0.444 e. The molecule has 2 N–H and O–H groups in total. The van der Waals surface area contributed by atoms with Gasteiger partial charge >= 0.3 is 6.09 Å². The average Bonchev–Trinajstić information content (AvgIpc) is 2.94. The number of carbonyl (C=O) groups excluding carboxylic acids is 1. The van der Waals surface area contributed by atoms with E-state index in [2.05, 4.69) is 9.44 Å². The normalized spacial score (nSPS) is 18.2. The summed E-state index contributed by atoms with van der Waals surface area (Å²) < 4.78 is 34.8. The van der Waals surface area contributed by atoms with Crippen molar-refractivity contribution >= 4 is 22.0 Å². The van der Waals surface area contributed by atoms with Gasteiger partial charge in [0, 0.05) is 24.8 Å². The van der Waals surface area contributed by atoms with Crippen LogP contribution in [0, 0.1) is 6.92 Å². The van der Waals surface area contributed by atoms with Crippen LogP contribution in [-0.2, 0) is 14.9 Å². The molecule has 0 aliphatic carbocycles. The molecule has 1 aromatic carbocycles. The van der Waals surface area contributed by atoms with Crippen LogP contribution in [0.25, 0.3) is 0 Å². The minimum absolute atomic E-state index is 0.153. The summed E-state index contributed by atoms with van der Waals surface area (Å²) in [7, 11) is -3.70. The summed E-state index contributed by atoms with van der Waals surface area (Å²) in [5.41, 5.74) is 0.972. The molecular formula is C17H27N3O4S. The van der Waals surface area contributed by atoms with Crippen LogP contribution in [-0.4, -0.2) is 44.1 Å². The Bertz CT molecular complexity index is 696. The van der Waals surface area contributed by atoms with E-state index < -0.39 is 21.9 Å². The summed E-state index contributed by atoms with van der Waals surface area (Å²) in [4.78, 5) is 13.8. The van der Waals surface area contributed by atoms with Gasteiger partial charge in [-0.25, -0.2) is 4.79 Å². The van der Waals surface area contributed by atoms with Crippen molar-refractivity contribution in [2.45, 2.75) is 52.2 Å². The van der Waals surface area contributed by atoms with Gasteiger partial charge < -0.3 is 9.64 Å². The van der Waals surface area contributed by atoms with E-state index in [1.807, 2.05) is 39.8 Å². The number of nitrogens with zero attached hydrogens (tertiary/aromatic N) is 1. The minimum atomic E-state index is -3.70. The molecular weight excluding hydrogens is 342 g/mol. The molecule has 1 fully saturated rings. The van der Waals surface area contributed by atoms with Crippen molar-refractivity contribution in [2.24, 2.45) is 0 Å². The maximum absolute atomic E-state index is 12.2. The summed E-state index contributed by atoms with van der Waals surface area (Å²) in [5, 5.41) is 0. The van der Waals surface area contributed by atoms with Crippen LogP contribution in [0.4, 0.5) is 10.5 Å². The molecule has 1 aliphatic heterocycles. The molecule has 0 bridgehead atoms. The predicted octanol–water partition coefficient (Wildman–Crippen LogP) is 2.64. The number of nitrogens with one attached hydrogen (secondary N) is 2. The van der Waals surface area contributed by atoms with Gasteiger partial charge in [-0.05, 0) is 52.7 Å². The SMILES string of the molecule is Cc1ccc(NS(=O)(=O)NC[C@@H]2CCCN2C(=O)OC(C)(C)C)cc1. The number of aryl methyl sites for hydroxylation is 1. The molecule has 2 rings (SSSR count). The molecule has 0 spiro atoms. The van der Waals surface area contributed by atoms with Crippen molar-refractivity contribution in [1.29, 1.82) is 0 Å². The third-order valence-corrected chi connectivity index (χ3v) is 4.87. The summed E-state index contributed by atoms with van der Waals surface area (Å²) in [6.45, 7) is 8.09. The fourth-order valence-electron chi connectivity index (χ4n) is 2.63. The van der Waals surface area contributed by atoms with Crippen LogP contribution < -0.4 is 9.44 Å². The molecule has 7 nitrogen and oxygen atoms in total. The van der Waals surface area contributed by atoms with E-state index in [0.717, 1.165) is 18.4 Å². The smallest absolute Gasteiger partial charge is 0.410 e. The molecule has 0 saturated carbocycles. The quantitative estimate of drug-likeness (QED) is 0.835. The Balaban J connectivity index is 1.92. The number of benzene rings is 1. The van der Waals surface area contributed by atoms with Gasteiger partial charge in [0.05, 0.1) is 0 Å². The lowest BCUT2D eigenvalue weighted by Gasteiger charge is -2.28. The molecule has 1 amide bonds. The van der Waals surface area contributed by atoms with Crippen LogP contribution in [0.2, 0.25) is 0 Å². The second kappa shape index (κ2) is 7.61.